The maximum absolute atomic E-state index is 13.9. The summed E-state index contributed by atoms with van der Waals surface area (Å²) in [4.78, 5) is 12.0. The molecule has 0 saturated heterocycles. The van der Waals surface area contributed by atoms with Crippen molar-refractivity contribution < 1.29 is 17.6 Å². The van der Waals surface area contributed by atoms with Crippen LogP contribution in [-0.4, -0.2) is 27.1 Å². The van der Waals surface area contributed by atoms with Crippen LogP contribution < -0.4 is 9.62 Å². The van der Waals surface area contributed by atoms with E-state index in [9.17, 15) is 17.6 Å². The molecule has 1 N–H and O–H groups in total. The summed E-state index contributed by atoms with van der Waals surface area (Å²) in [6.07, 6.45) is 0.805. The van der Waals surface area contributed by atoms with E-state index in [2.05, 4.69) is 5.32 Å². The monoisotopic (exact) mass is 361 g/mol. The van der Waals surface area contributed by atoms with Gasteiger partial charge in [-0.25, -0.2) is 12.8 Å². The van der Waals surface area contributed by atoms with Crippen LogP contribution in [0.5, 0.6) is 0 Å². The average molecular weight is 361 g/mol. The zero-order valence-electron chi connectivity index (χ0n) is 13.4. The molecule has 2 aromatic rings. The number of para-hydroxylation sites is 1. The first-order valence-corrected chi connectivity index (χ1v) is 9.18. The molecule has 6 nitrogen and oxygen atoms in total. The zero-order chi connectivity index (χ0) is 18.4. The first kappa shape index (κ1) is 18.4. The van der Waals surface area contributed by atoms with Gasteiger partial charge in [-0.05, 0) is 36.4 Å². The van der Waals surface area contributed by atoms with E-state index < -0.39 is 21.7 Å². The molecule has 2 aromatic carbocycles. The number of halogens is 1. The lowest BCUT2D eigenvalue weighted by Gasteiger charge is -2.22. The van der Waals surface area contributed by atoms with Crippen molar-refractivity contribution in [3.8, 4) is 6.07 Å². The Morgan fingerprint density at radius 1 is 1.20 bits per heavy atom. The van der Waals surface area contributed by atoms with Crippen LogP contribution in [0.4, 0.5) is 15.8 Å². The van der Waals surface area contributed by atoms with Gasteiger partial charge in [0.05, 0.1) is 23.6 Å². The van der Waals surface area contributed by atoms with Crippen molar-refractivity contribution in [1.29, 1.82) is 5.26 Å². The minimum Gasteiger partial charge on any atom is -0.326 e. The highest BCUT2D eigenvalue weighted by molar-refractivity contribution is 7.92. The Labute approximate surface area is 145 Å². The smallest absolute Gasteiger partial charge is 0.232 e. The van der Waals surface area contributed by atoms with Crippen LogP contribution >= 0.6 is 0 Å². The van der Waals surface area contributed by atoms with Crippen molar-refractivity contribution >= 4 is 27.3 Å². The van der Waals surface area contributed by atoms with E-state index in [1.165, 1.54) is 18.2 Å². The Morgan fingerprint density at radius 3 is 2.40 bits per heavy atom. The summed E-state index contributed by atoms with van der Waals surface area (Å²) in [5, 5.41) is 11.3. The second-order valence-corrected chi connectivity index (χ2v) is 7.18. The summed E-state index contributed by atoms with van der Waals surface area (Å²) >= 11 is 0. The fraction of sp³-hybridized carbons (Fsp3) is 0.176. The molecule has 8 heteroatoms. The molecular weight excluding hydrogens is 345 g/mol. The number of hydrogen-bond acceptors (Lipinski definition) is 4. The molecule has 0 atom stereocenters. The predicted molar refractivity (Wildman–Crippen MR) is 93.0 cm³/mol. The lowest BCUT2D eigenvalue weighted by Crippen LogP contribution is -2.33. The molecule has 25 heavy (non-hydrogen) atoms. The zero-order valence-corrected chi connectivity index (χ0v) is 14.3. The summed E-state index contributed by atoms with van der Waals surface area (Å²) in [7, 11) is -3.74. The van der Waals surface area contributed by atoms with E-state index >= 15 is 0 Å². The SMILES string of the molecule is CS(=O)(=O)N(CCC(=O)Nc1ccc(C#N)cc1)c1ccccc1F. The van der Waals surface area contributed by atoms with E-state index in [1.807, 2.05) is 6.07 Å². The molecule has 0 heterocycles. The molecule has 0 fully saturated rings. The average Bonchev–Trinajstić information content (AvgIpc) is 2.56. The van der Waals surface area contributed by atoms with Crippen molar-refractivity contribution in [2.75, 3.05) is 22.4 Å². The van der Waals surface area contributed by atoms with Crippen molar-refractivity contribution in [2.24, 2.45) is 0 Å². The van der Waals surface area contributed by atoms with Crippen LogP contribution in [0.25, 0.3) is 0 Å². The summed E-state index contributed by atoms with van der Waals surface area (Å²) in [5.41, 5.74) is 0.845. The van der Waals surface area contributed by atoms with Gasteiger partial charge in [0.25, 0.3) is 0 Å². The second kappa shape index (κ2) is 7.77. The predicted octanol–water partition coefficient (Wildman–Crippen LogP) is 2.49. The van der Waals surface area contributed by atoms with Gasteiger partial charge >= 0.3 is 0 Å². The van der Waals surface area contributed by atoms with Gasteiger partial charge in [0.15, 0.2) is 0 Å². The van der Waals surface area contributed by atoms with Crippen LogP contribution in [0, 0.1) is 17.1 Å². The fourth-order valence-corrected chi connectivity index (χ4v) is 3.10. The quantitative estimate of drug-likeness (QED) is 0.856. The summed E-state index contributed by atoms with van der Waals surface area (Å²) in [6, 6.07) is 13.7. The lowest BCUT2D eigenvalue weighted by molar-refractivity contribution is -0.116. The van der Waals surface area contributed by atoms with Crippen LogP contribution in [0.1, 0.15) is 12.0 Å². The number of rotatable bonds is 6. The number of sulfonamides is 1. The van der Waals surface area contributed by atoms with Gasteiger partial charge in [-0.2, -0.15) is 5.26 Å². The van der Waals surface area contributed by atoms with Gasteiger partial charge in [-0.15, -0.1) is 0 Å². The van der Waals surface area contributed by atoms with Gasteiger partial charge in [-0.3, -0.25) is 9.10 Å². The molecule has 2 rings (SSSR count). The van der Waals surface area contributed by atoms with Gasteiger partial charge in [-0.1, -0.05) is 12.1 Å². The van der Waals surface area contributed by atoms with E-state index in [4.69, 9.17) is 5.26 Å². The third-order valence-corrected chi connectivity index (χ3v) is 4.54. The number of nitriles is 1. The molecule has 0 aliphatic carbocycles. The maximum Gasteiger partial charge on any atom is 0.232 e. The van der Waals surface area contributed by atoms with Crippen LogP contribution in [-0.2, 0) is 14.8 Å². The van der Waals surface area contributed by atoms with Gasteiger partial charge < -0.3 is 5.32 Å². The number of benzene rings is 2. The van der Waals surface area contributed by atoms with E-state index in [1.54, 1.807) is 24.3 Å². The van der Waals surface area contributed by atoms with Crippen molar-refractivity contribution in [3.63, 3.8) is 0 Å². The highest BCUT2D eigenvalue weighted by atomic mass is 32.2. The first-order valence-electron chi connectivity index (χ1n) is 7.33. The Hall–Kier alpha value is -2.92. The Bertz CT molecular complexity index is 905. The van der Waals surface area contributed by atoms with Gasteiger partial charge in [0.2, 0.25) is 15.9 Å². The lowest BCUT2D eigenvalue weighted by atomic mass is 10.2. The third-order valence-electron chi connectivity index (χ3n) is 3.36. The molecular formula is C17H16FN3O3S. The molecule has 0 aliphatic rings. The maximum atomic E-state index is 13.9. The van der Waals surface area contributed by atoms with Crippen LogP contribution in [0.2, 0.25) is 0 Å². The molecule has 130 valence electrons. The highest BCUT2D eigenvalue weighted by Crippen LogP contribution is 2.21. The summed E-state index contributed by atoms with van der Waals surface area (Å²) in [5.74, 6) is -1.10. The third kappa shape index (κ3) is 5.02. The Kier molecular flexibility index (Phi) is 5.72. The van der Waals surface area contributed by atoms with Crippen molar-refractivity contribution in [1.82, 2.24) is 0 Å². The second-order valence-electron chi connectivity index (χ2n) is 5.27. The Balaban J connectivity index is 2.06. The number of hydrogen-bond donors (Lipinski definition) is 1. The minimum atomic E-state index is -3.74. The Morgan fingerprint density at radius 2 is 1.84 bits per heavy atom. The largest absolute Gasteiger partial charge is 0.326 e. The summed E-state index contributed by atoms with van der Waals surface area (Å²) in [6.45, 7) is -0.193. The molecule has 0 radical (unpaired) electrons. The fourth-order valence-electron chi connectivity index (χ4n) is 2.17. The normalized spacial score (nSPS) is 10.8. The molecule has 0 saturated carbocycles. The van der Waals surface area contributed by atoms with Crippen LogP contribution in [0.3, 0.4) is 0 Å². The van der Waals surface area contributed by atoms with E-state index in [0.29, 0.717) is 11.3 Å². The van der Waals surface area contributed by atoms with E-state index in [0.717, 1.165) is 16.6 Å². The highest BCUT2D eigenvalue weighted by Gasteiger charge is 2.21. The number of carbonyl (C=O) groups excluding carboxylic acids is 1. The van der Waals surface area contributed by atoms with Gasteiger partial charge in [0, 0.05) is 18.7 Å². The molecule has 0 bridgehead atoms. The number of carbonyl (C=O) groups is 1. The topological polar surface area (TPSA) is 90.3 Å². The van der Waals surface area contributed by atoms with Crippen molar-refractivity contribution in [2.45, 2.75) is 6.42 Å². The van der Waals surface area contributed by atoms with Gasteiger partial charge in [0.1, 0.15) is 5.82 Å². The van der Waals surface area contributed by atoms with Crippen molar-refractivity contribution in [3.05, 3.63) is 59.9 Å². The first-order chi connectivity index (χ1) is 11.8. The molecule has 0 spiro atoms. The van der Waals surface area contributed by atoms with Crippen LogP contribution in [0.15, 0.2) is 48.5 Å². The molecule has 0 unspecified atom stereocenters. The standard InChI is InChI=1S/C17H16FN3O3S/c1-25(23,24)21(16-5-3-2-4-15(16)18)11-10-17(22)20-14-8-6-13(12-19)7-9-14/h2-9H,10-11H2,1H3,(H,20,22). The van der Waals surface area contributed by atoms with E-state index in [-0.39, 0.29) is 18.7 Å². The number of amides is 1. The number of nitrogens with one attached hydrogen (secondary N) is 1. The minimum absolute atomic E-state index is 0.101. The number of nitrogens with zero attached hydrogens (tertiary/aromatic N) is 2. The molecule has 1 amide bonds. The number of anilines is 2. The molecule has 0 aliphatic heterocycles. The summed E-state index contributed by atoms with van der Waals surface area (Å²) < 4.78 is 38.6. The molecule has 0 aromatic heterocycles.